The van der Waals surface area contributed by atoms with Gasteiger partial charge in [0.15, 0.2) is 0 Å². The predicted octanol–water partition coefficient (Wildman–Crippen LogP) is 7.31. The van der Waals surface area contributed by atoms with Gasteiger partial charge in [-0.05, 0) is 79.5 Å². The number of aromatic amines is 1. The van der Waals surface area contributed by atoms with Gasteiger partial charge in [0.25, 0.3) is 0 Å². The molecular weight excluding hydrogens is 537 g/mol. The monoisotopic (exact) mass is 581 g/mol. The lowest BCUT2D eigenvalue weighted by Gasteiger charge is -2.22. The molecule has 0 radical (unpaired) electrons. The van der Waals surface area contributed by atoms with Crippen LogP contribution in [-0.4, -0.2) is 20.1 Å². The number of halogens is 2. The van der Waals surface area contributed by atoms with Crippen LogP contribution in [0.3, 0.4) is 0 Å². The second-order valence-electron chi connectivity index (χ2n) is 13.5. The number of hydrogen-bond donors (Lipinski definition) is 3. The van der Waals surface area contributed by atoms with Crippen LogP contribution in [0, 0.1) is 5.82 Å². The average molecular weight is 582 g/mol. The van der Waals surface area contributed by atoms with Crippen LogP contribution in [0.1, 0.15) is 90.6 Å². The number of aryl methyl sites for hydroxylation is 1. The van der Waals surface area contributed by atoms with Crippen molar-refractivity contribution in [3.8, 4) is 5.69 Å². The molecule has 6 nitrogen and oxygen atoms in total. The van der Waals surface area contributed by atoms with Crippen molar-refractivity contribution in [2.45, 2.75) is 97.6 Å². The van der Waals surface area contributed by atoms with Crippen LogP contribution in [0.5, 0.6) is 0 Å². The molecule has 2 aromatic carbocycles. The second-order valence-corrected chi connectivity index (χ2v) is 13.9. The fourth-order valence-electron chi connectivity index (χ4n) is 4.46. The topological polar surface area (TPSA) is 103 Å². The van der Waals surface area contributed by atoms with Crippen molar-refractivity contribution in [3.05, 3.63) is 92.4 Å². The highest BCUT2D eigenvalue weighted by Gasteiger charge is 2.22. The zero-order valence-electron chi connectivity index (χ0n) is 25.7. The highest BCUT2D eigenvalue weighted by molar-refractivity contribution is 6.30. The normalized spacial score (nSPS) is 12.4. The van der Waals surface area contributed by atoms with E-state index in [1.807, 2.05) is 77.2 Å². The molecule has 0 fully saturated rings. The summed E-state index contributed by atoms with van der Waals surface area (Å²) >= 11 is 5.99. The first-order valence-corrected chi connectivity index (χ1v) is 14.5. The van der Waals surface area contributed by atoms with E-state index < -0.39 is 0 Å². The smallest absolute Gasteiger partial charge is 0.343 e. The largest absolute Gasteiger partial charge is 0.354 e. The Labute approximate surface area is 248 Å². The summed E-state index contributed by atoms with van der Waals surface area (Å²) in [4.78, 5) is 19.6. The van der Waals surface area contributed by atoms with E-state index in [1.165, 1.54) is 0 Å². The Balaban J connectivity index is 0.000000229. The second kappa shape index (κ2) is 12.5. The molecule has 5 N–H and O–H groups in total. The summed E-state index contributed by atoms with van der Waals surface area (Å²) in [5.74, 6) is -0.294. The number of benzene rings is 2. The van der Waals surface area contributed by atoms with E-state index in [0.717, 1.165) is 47.2 Å². The molecule has 0 amide bonds. The first kappa shape index (κ1) is 32.5. The fraction of sp³-hybridized carbons (Fsp3) is 0.455. The van der Waals surface area contributed by atoms with Crippen LogP contribution >= 0.6 is 11.6 Å². The SMILES string of the molecule is CC(C)(C)c1cc2cn(-c3ccc(CN)cc3)c(=O)nc2[nH]1.CC(C)(N)CCCc1cc(Cl)c(F)c(C(C)(C)C)c1. The number of nitrogens with one attached hydrogen (secondary N) is 1. The molecule has 0 bridgehead atoms. The van der Waals surface area contributed by atoms with E-state index in [-0.39, 0.29) is 32.9 Å². The van der Waals surface area contributed by atoms with Gasteiger partial charge >= 0.3 is 5.69 Å². The van der Waals surface area contributed by atoms with Gasteiger partial charge in [0, 0.05) is 34.8 Å². The zero-order valence-corrected chi connectivity index (χ0v) is 26.4. The van der Waals surface area contributed by atoms with E-state index in [1.54, 1.807) is 10.6 Å². The molecule has 8 heteroatoms. The number of nitrogens with zero attached hydrogens (tertiary/aromatic N) is 2. The van der Waals surface area contributed by atoms with Crippen molar-refractivity contribution >= 4 is 22.6 Å². The molecule has 4 aromatic rings. The minimum Gasteiger partial charge on any atom is -0.343 e. The van der Waals surface area contributed by atoms with Crippen LogP contribution in [0.15, 0.2) is 53.5 Å². The van der Waals surface area contributed by atoms with E-state index >= 15 is 0 Å². The maximum atomic E-state index is 14.0. The molecule has 0 aliphatic heterocycles. The number of fused-ring (bicyclic) bond motifs is 1. The van der Waals surface area contributed by atoms with Crippen molar-refractivity contribution in [1.82, 2.24) is 14.5 Å². The van der Waals surface area contributed by atoms with Crippen molar-refractivity contribution in [2.24, 2.45) is 11.5 Å². The minimum atomic E-state index is -0.296. The van der Waals surface area contributed by atoms with Crippen LogP contribution in [-0.2, 0) is 23.8 Å². The van der Waals surface area contributed by atoms with E-state index in [0.29, 0.717) is 17.8 Å². The van der Waals surface area contributed by atoms with Gasteiger partial charge in [-0.25, -0.2) is 9.18 Å². The molecular formula is C33H45ClFN5O. The lowest BCUT2D eigenvalue weighted by molar-refractivity contribution is 0.458. The highest BCUT2D eigenvalue weighted by atomic mass is 35.5. The van der Waals surface area contributed by atoms with Crippen LogP contribution < -0.4 is 17.2 Å². The Morgan fingerprint density at radius 2 is 1.59 bits per heavy atom. The van der Waals surface area contributed by atoms with Crippen molar-refractivity contribution in [3.63, 3.8) is 0 Å². The Hall–Kier alpha value is -3.00. The molecule has 0 unspecified atom stereocenters. The summed E-state index contributed by atoms with van der Waals surface area (Å²) < 4.78 is 15.6. The molecule has 41 heavy (non-hydrogen) atoms. The van der Waals surface area contributed by atoms with Crippen LogP contribution in [0.2, 0.25) is 5.02 Å². The van der Waals surface area contributed by atoms with Gasteiger partial charge in [0.2, 0.25) is 0 Å². The van der Waals surface area contributed by atoms with Crippen LogP contribution in [0.25, 0.3) is 16.7 Å². The first-order valence-electron chi connectivity index (χ1n) is 14.1. The van der Waals surface area contributed by atoms with E-state index in [9.17, 15) is 9.18 Å². The van der Waals surface area contributed by atoms with E-state index in [2.05, 4.69) is 30.7 Å². The van der Waals surface area contributed by atoms with E-state index in [4.69, 9.17) is 23.1 Å². The summed E-state index contributed by atoms with van der Waals surface area (Å²) in [6, 6.07) is 13.3. The van der Waals surface area contributed by atoms with Crippen LogP contribution in [0.4, 0.5) is 4.39 Å². The third-order valence-corrected chi connectivity index (χ3v) is 7.22. The molecule has 222 valence electrons. The average Bonchev–Trinajstić information content (AvgIpc) is 3.28. The number of aromatic nitrogens is 3. The van der Waals surface area contributed by atoms with Crippen molar-refractivity contribution in [1.29, 1.82) is 0 Å². The van der Waals surface area contributed by atoms with Gasteiger partial charge in [-0.1, -0.05) is 71.3 Å². The molecule has 0 spiro atoms. The Morgan fingerprint density at radius 3 is 2.12 bits per heavy atom. The van der Waals surface area contributed by atoms with Gasteiger partial charge in [0.05, 0.1) is 10.7 Å². The quantitative estimate of drug-likeness (QED) is 0.222. The molecule has 0 saturated carbocycles. The number of rotatable bonds is 6. The maximum absolute atomic E-state index is 14.0. The first-order chi connectivity index (χ1) is 18.9. The lowest BCUT2D eigenvalue weighted by Crippen LogP contribution is -2.31. The number of H-pyrrole nitrogens is 1. The van der Waals surface area contributed by atoms with Gasteiger partial charge < -0.3 is 16.5 Å². The summed E-state index contributed by atoms with van der Waals surface area (Å²) in [6.07, 6.45) is 4.62. The molecule has 2 aromatic heterocycles. The highest BCUT2D eigenvalue weighted by Crippen LogP contribution is 2.31. The summed E-state index contributed by atoms with van der Waals surface area (Å²) in [5, 5.41) is 1.14. The van der Waals surface area contributed by atoms with Gasteiger partial charge in [-0.2, -0.15) is 4.98 Å². The predicted molar refractivity (Wildman–Crippen MR) is 170 cm³/mol. The molecule has 0 atom stereocenters. The third kappa shape index (κ3) is 8.74. The number of hydrogen-bond acceptors (Lipinski definition) is 4. The molecule has 0 saturated heterocycles. The molecule has 0 aliphatic carbocycles. The van der Waals surface area contributed by atoms with Crippen molar-refractivity contribution in [2.75, 3.05) is 0 Å². The molecule has 4 rings (SSSR count). The minimum absolute atomic E-state index is 0.0165. The molecule has 2 heterocycles. The summed E-state index contributed by atoms with van der Waals surface area (Å²) in [6.45, 7) is 16.9. The standard InChI is InChI=1S/C17H20N4O.C16H25ClFN/c1-17(2,3)14-8-12-10-21(16(22)20-15(12)19-14)13-6-4-11(9-18)5-7-13;1-15(2,3)12-9-11(10-13(17)14(12)18)7-6-8-16(4,5)19/h4-8,10H,9,18H2,1-3H3,(H,19,20,22);9-10H,6-8,19H2,1-5H3. The number of nitrogens with two attached hydrogens (primary N) is 2. The van der Waals surface area contributed by atoms with Gasteiger partial charge in [-0.15, -0.1) is 0 Å². The Bertz CT molecular complexity index is 1530. The third-order valence-electron chi connectivity index (χ3n) is 6.95. The van der Waals surface area contributed by atoms with Gasteiger partial charge in [0.1, 0.15) is 11.5 Å². The fourth-order valence-corrected chi connectivity index (χ4v) is 4.70. The molecule has 0 aliphatic rings. The Kier molecular flexibility index (Phi) is 9.89. The maximum Gasteiger partial charge on any atom is 0.354 e. The Morgan fingerprint density at radius 1 is 0.951 bits per heavy atom. The van der Waals surface area contributed by atoms with Crippen molar-refractivity contribution < 1.29 is 4.39 Å². The lowest BCUT2D eigenvalue weighted by atomic mass is 9.85. The van der Waals surface area contributed by atoms with Gasteiger partial charge in [-0.3, -0.25) is 4.57 Å². The summed E-state index contributed by atoms with van der Waals surface area (Å²) in [5.41, 5.74) is 16.1. The summed E-state index contributed by atoms with van der Waals surface area (Å²) in [7, 11) is 0. The zero-order chi connectivity index (χ0) is 30.8.